The average molecular weight is 280 g/mol. The van der Waals surface area contributed by atoms with Crippen LogP contribution in [0, 0.1) is 0 Å². The van der Waals surface area contributed by atoms with Crippen molar-refractivity contribution in [3.8, 4) is 0 Å². The number of aryl methyl sites for hydroxylation is 1. The van der Waals surface area contributed by atoms with Gasteiger partial charge in [-0.15, -0.1) is 0 Å². The number of ether oxygens (including phenoxy) is 2. The summed E-state index contributed by atoms with van der Waals surface area (Å²) in [7, 11) is 1.57. The lowest BCUT2D eigenvalue weighted by atomic mass is 10.3. The van der Waals surface area contributed by atoms with Gasteiger partial charge < -0.3 is 14.0 Å². The maximum atomic E-state index is 11.9. The first-order chi connectivity index (χ1) is 9.37. The van der Waals surface area contributed by atoms with Gasteiger partial charge in [0.1, 0.15) is 6.10 Å². The van der Waals surface area contributed by atoms with Crippen LogP contribution in [0.1, 0.15) is 13.8 Å². The molecule has 8 nitrogen and oxygen atoms in total. The molecule has 8 heteroatoms. The molecule has 3 heterocycles. The first-order valence-corrected chi connectivity index (χ1v) is 6.33. The highest BCUT2D eigenvalue weighted by atomic mass is 16.7. The maximum absolute atomic E-state index is 11.9. The van der Waals surface area contributed by atoms with Gasteiger partial charge in [-0.25, -0.2) is 9.78 Å². The molecule has 20 heavy (non-hydrogen) atoms. The molecule has 1 unspecified atom stereocenters. The number of rotatable bonds is 2. The summed E-state index contributed by atoms with van der Waals surface area (Å²) < 4.78 is 14.2. The van der Waals surface area contributed by atoms with Gasteiger partial charge in [-0.3, -0.25) is 14.3 Å². The Labute approximate surface area is 114 Å². The lowest BCUT2D eigenvalue weighted by molar-refractivity contribution is -0.139. The highest BCUT2D eigenvalue weighted by Crippen LogP contribution is 2.23. The molecule has 1 aliphatic heterocycles. The Bertz CT molecular complexity index is 770. The molecule has 1 N–H and O–H groups in total. The van der Waals surface area contributed by atoms with Crippen molar-refractivity contribution in [1.82, 2.24) is 19.1 Å². The highest BCUT2D eigenvalue weighted by Gasteiger charge is 2.33. The number of imidazole rings is 1. The second kappa shape index (κ2) is 4.29. The monoisotopic (exact) mass is 280 g/mol. The number of nitrogens with one attached hydrogen (secondary N) is 1. The molecule has 0 spiro atoms. The zero-order chi connectivity index (χ0) is 14.5. The normalized spacial score (nSPS) is 21.6. The van der Waals surface area contributed by atoms with E-state index in [2.05, 4.69) is 9.97 Å². The molecule has 0 radical (unpaired) electrons. The summed E-state index contributed by atoms with van der Waals surface area (Å²) in [6.07, 6.45) is 1.38. The van der Waals surface area contributed by atoms with Crippen LogP contribution in [0.4, 0.5) is 0 Å². The Morgan fingerprint density at radius 1 is 1.50 bits per heavy atom. The van der Waals surface area contributed by atoms with Crippen LogP contribution in [-0.2, 0) is 23.1 Å². The fourth-order valence-corrected chi connectivity index (χ4v) is 2.40. The summed E-state index contributed by atoms with van der Waals surface area (Å²) in [5, 5.41) is 0. The Morgan fingerprint density at radius 3 is 2.90 bits per heavy atom. The maximum Gasteiger partial charge on any atom is 0.329 e. The topological polar surface area (TPSA) is 91.1 Å². The van der Waals surface area contributed by atoms with Crippen LogP contribution in [0.3, 0.4) is 0 Å². The summed E-state index contributed by atoms with van der Waals surface area (Å²) in [5.41, 5.74) is -0.203. The van der Waals surface area contributed by atoms with E-state index in [4.69, 9.17) is 9.47 Å². The van der Waals surface area contributed by atoms with Gasteiger partial charge >= 0.3 is 5.69 Å². The molecule has 1 saturated heterocycles. The quantitative estimate of drug-likeness (QED) is 0.806. The zero-order valence-corrected chi connectivity index (χ0v) is 11.5. The fourth-order valence-electron chi connectivity index (χ4n) is 2.40. The number of aromatic nitrogens is 4. The number of H-pyrrole nitrogens is 1. The van der Waals surface area contributed by atoms with E-state index in [0.717, 1.165) is 0 Å². The Hall–Kier alpha value is -1.93. The van der Waals surface area contributed by atoms with Gasteiger partial charge in [0.05, 0.1) is 19.5 Å². The minimum atomic E-state index is -0.611. The third-order valence-corrected chi connectivity index (χ3v) is 3.34. The van der Waals surface area contributed by atoms with Gasteiger partial charge in [0.2, 0.25) is 0 Å². The van der Waals surface area contributed by atoms with E-state index in [1.54, 1.807) is 11.6 Å². The fraction of sp³-hybridized carbons (Fsp3) is 0.583. The first-order valence-electron chi connectivity index (χ1n) is 6.33. The van der Waals surface area contributed by atoms with Gasteiger partial charge in [-0.1, -0.05) is 0 Å². The number of hydrogen-bond donors (Lipinski definition) is 1. The summed E-state index contributed by atoms with van der Waals surface area (Å²) in [6.45, 7) is 4.59. The lowest BCUT2D eigenvalue weighted by Crippen LogP contribution is -2.30. The van der Waals surface area contributed by atoms with Crippen molar-refractivity contribution in [3.05, 3.63) is 27.2 Å². The van der Waals surface area contributed by atoms with Crippen molar-refractivity contribution in [3.63, 3.8) is 0 Å². The second-order valence-corrected chi connectivity index (χ2v) is 5.34. The van der Waals surface area contributed by atoms with Gasteiger partial charge in [0, 0.05) is 7.05 Å². The number of fused-ring (bicyclic) bond motifs is 1. The minimum Gasteiger partial charge on any atom is -0.348 e. The van der Waals surface area contributed by atoms with Crippen molar-refractivity contribution in [2.45, 2.75) is 32.3 Å². The van der Waals surface area contributed by atoms with E-state index in [0.29, 0.717) is 24.3 Å². The van der Waals surface area contributed by atoms with Crippen LogP contribution < -0.4 is 11.2 Å². The molecule has 108 valence electrons. The van der Waals surface area contributed by atoms with Crippen LogP contribution in [0.5, 0.6) is 0 Å². The molecule has 1 fully saturated rings. The summed E-state index contributed by atoms with van der Waals surface area (Å²) in [4.78, 5) is 29.8. The SMILES string of the molecule is Cn1c(=O)[nH]c(=O)c2c1ncn2CC1COC(C)(C)O1. The van der Waals surface area contributed by atoms with Crippen molar-refractivity contribution in [1.29, 1.82) is 0 Å². The molecular weight excluding hydrogens is 264 g/mol. The van der Waals surface area contributed by atoms with Crippen LogP contribution in [0.2, 0.25) is 0 Å². The van der Waals surface area contributed by atoms with Gasteiger partial charge in [-0.2, -0.15) is 0 Å². The molecule has 0 aromatic carbocycles. The Morgan fingerprint density at radius 2 is 2.25 bits per heavy atom. The molecule has 2 aromatic rings. The standard InChI is InChI=1S/C12H16N4O4/c1-12(2)19-5-7(20-12)4-16-6-13-9-8(16)10(17)14-11(18)15(9)3/h6-7H,4-5H2,1-3H3,(H,14,17,18). The van der Waals surface area contributed by atoms with Crippen LogP contribution in [0.25, 0.3) is 11.2 Å². The Balaban J connectivity index is 2.00. The largest absolute Gasteiger partial charge is 0.348 e. The van der Waals surface area contributed by atoms with E-state index in [1.165, 1.54) is 10.9 Å². The number of aromatic amines is 1. The zero-order valence-electron chi connectivity index (χ0n) is 11.5. The van der Waals surface area contributed by atoms with Crippen LogP contribution in [0.15, 0.2) is 15.9 Å². The average Bonchev–Trinajstić information content (AvgIpc) is 2.91. The van der Waals surface area contributed by atoms with Crippen molar-refractivity contribution < 1.29 is 9.47 Å². The second-order valence-electron chi connectivity index (χ2n) is 5.34. The third kappa shape index (κ3) is 2.06. The molecule has 0 saturated carbocycles. The third-order valence-electron chi connectivity index (χ3n) is 3.34. The number of hydrogen-bond acceptors (Lipinski definition) is 5. The lowest BCUT2D eigenvalue weighted by Gasteiger charge is -2.17. The molecule has 3 rings (SSSR count). The van der Waals surface area contributed by atoms with E-state index >= 15 is 0 Å². The van der Waals surface area contributed by atoms with E-state index < -0.39 is 17.0 Å². The molecular formula is C12H16N4O4. The summed E-state index contributed by atoms with van der Waals surface area (Å²) in [6, 6.07) is 0. The van der Waals surface area contributed by atoms with Gasteiger partial charge in [0.25, 0.3) is 5.56 Å². The smallest absolute Gasteiger partial charge is 0.329 e. The summed E-state index contributed by atoms with van der Waals surface area (Å²) in [5.74, 6) is -0.611. The summed E-state index contributed by atoms with van der Waals surface area (Å²) >= 11 is 0. The molecule has 0 amide bonds. The Kier molecular flexibility index (Phi) is 2.80. The predicted octanol–water partition coefficient (Wildman–Crippen LogP) is -0.425. The van der Waals surface area contributed by atoms with E-state index in [1.807, 2.05) is 13.8 Å². The van der Waals surface area contributed by atoms with E-state index in [-0.39, 0.29) is 6.10 Å². The highest BCUT2D eigenvalue weighted by molar-refractivity contribution is 5.69. The van der Waals surface area contributed by atoms with E-state index in [9.17, 15) is 9.59 Å². The number of nitrogens with zero attached hydrogens (tertiary/aromatic N) is 3. The van der Waals surface area contributed by atoms with Gasteiger partial charge in [0.15, 0.2) is 17.0 Å². The van der Waals surface area contributed by atoms with Crippen LogP contribution in [-0.4, -0.2) is 37.6 Å². The molecule has 1 aliphatic rings. The predicted molar refractivity (Wildman–Crippen MR) is 70.5 cm³/mol. The molecule has 2 aromatic heterocycles. The van der Waals surface area contributed by atoms with Crippen molar-refractivity contribution in [2.24, 2.45) is 7.05 Å². The van der Waals surface area contributed by atoms with Crippen LogP contribution >= 0.6 is 0 Å². The van der Waals surface area contributed by atoms with Gasteiger partial charge in [-0.05, 0) is 13.8 Å². The molecule has 0 aliphatic carbocycles. The molecule has 1 atom stereocenters. The van der Waals surface area contributed by atoms with Crippen molar-refractivity contribution >= 4 is 11.2 Å². The first kappa shape index (κ1) is 13.1. The van der Waals surface area contributed by atoms with Crippen molar-refractivity contribution in [2.75, 3.05) is 6.61 Å². The minimum absolute atomic E-state index is 0.154. The molecule has 0 bridgehead atoms.